The van der Waals surface area contributed by atoms with Crippen molar-refractivity contribution in [1.29, 1.82) is 0 Å². The third-order valence-corrected chi connectivity index (χ3v) is 2.87. The molecule has 2 rings (SSSR count). The van der Waals surface area contributed by atoms with Crippen molar-refractivity contribution in [2.45, 2.75) is 5.92 Å². The van der Waals surface area contributed by atoms with Gasteiger partial charge in [-0.25, -0.2) is 8.78 Å². The number of rotatable bonds is 5. The Bertz CT molecular complexity index is 582. The zero-order valence-corrected chi connectivity index (χ0v) is 10.5. The maximum atomic E-state index is 13.0. The predicted molar refractivity (Wildman–Crippen MR) is 71.7 cm³/mol. The lowest BCUT2D eigenvalue weighted by atomic mass is 9.99. The minimum Gasteiger partial charge on any atom is -0.481 e. The van der Waals surface area contributed by atoms with Gasteiger partial charge in [0, 0.05) is 18.3 Å². The van der Waals surface area contributed by atoms with E-state index < -0.39 is 23.5 Å². The number of hydrogen-bond acceptors (Lipinski definition) is 2. The van der Waals surface area contributed by atoms with Crippen LogP contribution in [-0.4, -0.2) is 17.6 Å². The normalized spacial score (nSPS) is 11.9. The Morgan fingerprint density at radius 1 is 1.10 bits per heavy atom. The summed E-state index contributed by atoms with van der Waals surface area (Å²) in [6.45, 7) is 0.0439. The lowest BCUT2D eigenvalue weighted by Gasteiger charge is -2.14. The van der Waals surface area contributed by atoms with Gasteiger partial charge in [-0.15, -0.1) is 0 Å². The second-order valence-electron chi connectivity index (χ2n) is 4.34. The first-order valence-corrected chi connectivity index (χ1v) is 6.04. The summed E-state index contributed by atoms with van der Waals surface area (Å²) in [4.78, 5) is 11.3. The molecule has 0 spiro atoms. The fraction of sp³-hybridized carbons (Fsp3) is 0.133. The summed E-state index contributed by atoms with van der Waals surface area (Å²) in [6.07, 6.45) is 0. The van der Waals surface area contributed by atoms with Crippen LogP contribution in [0.15, 0.2) is 48.5 Å². The molecule has 0 bridgehead atoms. The van der Waals surface area contributed by atoms with Gasteiger partial charge >= 0.3 is 5.97 Å². The third kappa shape index (κ3) is 3.54. The molecule has 0 aromatic heterocycles. The number of halogens is 2. The molecule has 0 aliphatic rings. The first kappa shape index (κ1) is 14.0. The Labute approximate surface area is 114 Å². The molecule has 2 N–H and O–H groups in total. The third-order valence-electron chi connectivity index (χ3n) is 2.87. The van der Waals surface area contributed by atoms with Crippen molar-refractivity contribution in [3.05, 3.63) is 65.7 Å². The van der Waals surface area contributed by atoms with E-state index in [4.69, 9.17) is 0 Å². The molecule has 0 saturated carbocycles. The smallest absolute Gasteiger partial charge is 0.312 e. The summed E-state index contributed by atoms with van der Waals surface area (Å²) >= 11 is 0. The van der Waals surface area contributed by atoms with Crippen LogP contribution in [0.5, 0.6) is 0 Å². The molecule has 0 aliphatic heterocycles. The van der Waals surface area contributed by atoms with Crippen molar-refractivity contribution in [2.24, 2.45) is 0 Å². The van der Waals surface area contributed by atoms with Gasteiger partial charge in [0.05, 0.1) is 5.92 Å². The Morgan fingerprint density at radius 3 is 2.25 bits per heavy atom. The highest BCUT2D eigenvalue weighted by molar-refractivity contribution is 5.77. The zero-order valence-electron chi connectivity index (χ0n) is 10.5. The van der Waals surface area contributed by atoms with Gasteiger partial charge in [0.15, 0.2) is 0 Å². The molecule has 3 nitrogen and oxygen atoms in total. The van der Waals surface area contributed by atoms with Crippen molar-refractivity contribution in [3.63, 3.8) is 0 Å². The summed E-state index contributed by atoms with van der Waals surface area (Å²) < 4.78 is 26.1. The number of nitrogens with one attached hydrogen (secondary N) is 1. The van der Waals surface area contributed by atoms with E-state index in [1.807, 2.05) is 0 Å². The Morgan fingerprint density at radius 2 is 1.70 bits per heavy atom. The average Bonchev–Trinajstić information content (AvgIpc) is 2.38. The molecule has 5 heteroatoms. The van der Waals surface area contributed by atoms with Crippen molar-refractivity contribution >= 4 is 11.7 Å². The number of aliphatic carboxylic acids is 1. The molecule has 2 aromatic carbocycles. The number of benzene rings is 2. The maximum absolute atomic E-state index is 13.0. The van der Waals surface area contributed by atoms with Crippen molar-refractivity contribution in [2.75, 3.05) is 11.9 Å². The van der Waals surface area contributed by atoms with Crippen LogP contribution in [0.2, 0.25) is 0 Å². The topological polar surface area (TPSA) is 49.3 Å². The summed E-state index contributed by atoms with van der Waals surface area (Å²) in [6, 6.07) is 11.7. The predicted octanol–water partition coefficient (Wildman–Crippen LogP) is 3.25. The van der Waals surface area contributed by atoms with Crippen LogP contribution in [0.4, 0.5) is 14.5 Å². The van der Waals surface area contributed by atoms with Gasteiger partial charge in [0.25, 0.3) is 0 Å². The first-order valence-electron chi connectivity index (χ1n) is 6.04. The van der Waals surface area contributed by atoms with E-state index in [-0.39, 0.29) is 12.2 Å². The molecular weight excluding hydrogens is 264 g/mol. The molecule has 0 radical (unpaired) electrons. The highest BCUT2D eigenvalue weighted by Gasteiger charge is 2.19. The van der Waals surface area contributed by atoms with Crippen LogP contribution < -0.4 is 5.32 Å². The number of hydrogen-bond donors (Lipinski definition) is 2. The van der Waals surface area contributed by atoms with Crippen LogP contribution in [0.1, 0.15) is 11.5 Å². The molecular formula is C15H13F2NO2. The number of anilines is 1. The Balaban J connectivity index is 2.12. The van der Waals surface area contributed by atoms with Crippen molar-refractivity contribution < 1.29 is 18.7 Å². The zero-order chi connectivity index (χ0) is 14.5. The van der Waals surface area contributed by atoms with Crippen molar-refractivity contribution in [1.82, 2.24) is 0 Å². The molecule has 0 aliphatic carbocycles. The molecule has 0 fully saturated rings. The van der Waals surface area contributed by atoms with E-state index in [2.05, 4.69) is 5.32 Å². The molecule has 20 heavy (non-hydrogen) atoms. The fourth-order valence-corrected chi connectivity index (χ4v) is 1.91. The fourth-order valence-electron chi connectivity index (χ4n) is 1.91. The van der Waals surface area contributed by atoms with E-state index in [1.165, 1.54) is 0 Å². The summed E-state index contributed by atoms with van der Waals surface area (Å²) in [5.74, 6) is -3.21. The minimum absolute atomic E-state index is 0.0439. The first-order chi connectivity index (χ1) is 9.56. The average molecular weight is 277 g/mol. The van der Waals surface area contributed by atoms with Crippen LogP contribution in [0.3, 0.4) is 0 Å². The summed E-state index contributed by atoms with van der Waals surface area (Å²) in [5.41, 5.74) is 0.842. The molecule has 0 heterocycles. The maximum Gasteiger partial charge on any atom is 0.312 e. The standard InChI is InChI=1S/C15H13F2NO2/c16-11-6-12(17)8-13(7-11)18-9-14(15(19)20)10-4-2-1-3-5-10/h1-8,14,18H,9H2,(H,19,20). The monoisotopic (exact) mass is 277 g/mol. The van der Waals surface area contributed by atoms with Gasteiger partial charge in [0.2, 0.25) is 0 Å². The van der Waals surface area contributed by atoms with Crippen molar-refractivity contribution in [3.8, 4) is 0 Å². The minimum atomic E-state index is -0.999. The molecule has 104 valence electrons. The summed E-state index contributed by atoms with van der Waals surface area (Å²) in [5, 5.41) is 12.0. The van der Waals surface area contributed by atoms with Crippen LogP contribution >= 0.6 is 0 Å². The number of carboxylic acids is 1. The largest absolute Gasteiger partial charge is 0.481 e. The summed E-state index contributed by atoms with van der Waals surface area (Å²) in [7, 11) is 0. The lowest BCUT2D eigenvalue weighted by molar-refractivity contribution is -0.138. The Hall–Kier alpha value is -2.43. The van der Waals surface area contributed by atoms with Crippen LogP contribution in [-0.2, 0) is 4.79 Å². The van der Waals surface area contributed by atoms with E-state index in [1.54, 1.807) is 30.3 Å². The van der Waals surface area contributed by atoms with E-state index >= 15 is 0 Å². The van der Waals surface area contributed by atoms with Gasteiger partial charge < -0.3 is 10.4 Å². The second kappa shape index (κ2) is 6.14. The Kier molecular flexibility index (Phi) is 4.30. The number of carbonyl (C=O) groups is 1. The van der Waals surface area contributed by atoms with Gasteiger partial charge in [-0.1, -0.05) is 30.3 Å². The van der Waals surface area contributed by atoms with Gasteiger partial charge in [-0.05, 0) is 17.7 Å². The van der Waals surface area contributed by atoms with Gasteiger partial charge in [0.1, 0.15) is 11.6 Å². The molecule has 1 atom stereocenters. The highest BCUT2D eigenvalue weighted by atomic mass is 19.1. The van der Waals surface area contributed by atoms with Gasteiger partial charge in [-0.2, -0.15) is 0 Å². The number of carboxylic acid groups (broad SMARTS) is 1. The quantitative estimate of drug-likeness (QED) is 0.882. The molecule has 0 amide bonds. The van der Waals surface area contributed by atoms with E-state index in [9.17, 15) is 18.7 Å². The SMILES string of the molecule is O=C(O)C(CNc1cc(F)cc(F)c1)c1ccccc1. The lowest BCUT2D eigenvalue weighted by Crippen LogP contribution is -2.21. The molecule has 0 saturated heterocycles. The van der Waals surface area contributed by atoms with Crippen LogP contribution in [0, 0.1) is 11.6 Å². The molecule has 2 aromatic rings. The molecule has 1 unspecified atom stereocenters. The van der Waals surface area contributed by atoms with Crippen LogP contribution in [0.25, 0.3) is 0 Å². The second-order valence-corrected chi connectivity index (χ2v) is 4.34. The van der Waals surface area contributed by atoms with E-state index in [0.717, 1.165) is 18.2 Å². The van der Waals surface area contributed by atoms with E-state index in [0.29, 0.717) is 5.56 Å². The highest BCUT2D eigenvalue weighted by Crippen LogP contribution is 2.18. The van der Waals surface area contributed by atoms with Gasteiger partial charge in [-0.3, -0.25) is 4.79 Å².